The Morgan fingerprint density at radius 1 is 1.12 bits per heavy atom. The Hall–Kier alpha value is -2.99. The Balaban J connectivity index is 1.53. The van der Waals surface area contributed by atoms with Crippen LogP contribution in [0.4, 0.5) is 0 Å². The Morgan fingerprint density at radius 2 is 2.00 bits per heavy atom. The van der Waals surface area contributed by atoms with Crippen LogP contribution in [0.3, 0.4) is 0 Å². The van der Waals surface area contributed by atoms with Gasteiger partial charge in [-0.1, -0.05) is 36.4 Å². The predicted octanol–water partition coefficient (Wildman–Crippen LogP) is 3.86. The van der Waals surface area contributed by atoms with Crippen molar-refractivity contribution in [2.75, 3.05) is 6.61 Å². The molecule has 0 bridgehead atoms. The first-order chi connectivity index (χ1) is 12.3. The second-order valence-electron chi connectivity index (χ2n) is 5.47. The van der Waals surface area contributed by atoms with E-state index in [-0.39, 0.29) is 0 Å². The number of aromatic nitrogens is 3. The fourth-order valence-electron chi connectivity index (χ4n) is 2.63. The van der Waals surface area contributed by atoms with Gasteiger partial charge >= 0.3 is 5.97 Å². The van der Waals surface area contributed by atoms with Crippen molar-refractivity contribution in [1.29, 1.82) is 0 Å². The topological polar surface area (TPSA) is 56.5 Å². The fourth-order valence-corrected chi connectivity index (χ4v) is 3.37. The van der Waals surface area contributed by atoms with Gasteiger partial charge in [0.1, 0.15) is 5.56 Å². The summed E-state index contributed by atoms with van der Waals surface area (Å²) in [5.74, 6) is -0.401. The quantitative estimate of drug-likeness (QED) is 0.514. The molecule has 0 atom stereocenters. The number of hydrogen-bond donors (Lipinski definition) is 0. The zero-order chi connectivity index (χ0) is 17.1. The maximum Gasteiger partial charge on any atom is 0.343 e. The molecule has 5 nitrogen and oxygen atoms in total. The number of rotatable bonds is 5. The lowest BCUT2D eigenvalue weighted by Crippen LogP contribution is -2.08. The third-order valence-electron chi connectivity index (χ3n) is 3.86. The van der Waals surface area contributed by atoms with E-state index in [4.69, 9.17) is 4.74 Å². The molecular formula is C19H15N3O2S. The van der Waals surface area contributed by atoms with Crippen LogP contribution < -0.4 is 0 Å². The molecule has 3 heterocycles. The second kappa shape index (κ2) is 6.86. The number of nitrogens with zero attached hydrogens (tertiary/aromatic N) is 3. The zero-order valence-electron chi connectivity index (χ0n) is 13.3. The van der Waals surface area contributed by atoms with E-state index < -0.39 is 5.97 Å². The molecule has 0 spiro atoms. The first-order valence-corrected chi connectivity index (χ1v) is 8.78. The molecule has 0 aliphatic carbocycles. The second-order valence-corrected chi connectivity index (χ2v) is 6.42. The van der Waals surface area contributed by atoms with Crippen LogP contribution >= 0.6 is 11.3 Å². The third-order valence-corrected chi connectivity index (χ3v) is 4.75. The maximum absolute atomic E-state index is 12.4. The summed E-state index contributed by atoms with van der Waals surface area (Å²) in [6.45, 7) is 0.324. The Morgan fingerprint density at radius 3 is 2.80 bits per heavy atom. The predicted molar refractivity (Wildman–Crippen MR) is 96.7 cm³/mol. The van der Waals surface area contributed by atoms with Gasteiger partial charge in [0, 0.05) is 12.6 Å². The first-order valence-electron chi connectivity index (χ1n) is 7.90. The first kappa shape index (κ1) is 15.5. The van der Waals surface area contributed by atoms with E-state index in [2.05, 4.69) is 10.1 Å². The van der Waals surface area contributed by atoms with Gasteiger partial charge in [-0.25, -0.2) is 14.3 Å². The number of fused-ring (bicyclic) bond motifs is 1. The van der Waals surface area contributed by atoms with Crippen molar-refractivity contribution in [2.45, 2.75) is 6.42 Å². The zero-order valence-corrected chi connectivity index (χ0v) is 14.1. The molecule has 25 heavy (non-hydrogen) atoms. The van der Waals surface area contributed by atoms with Crippen molar-refractivity contribution in [1.82, 2.24) is 14.6 Å². The molecule has 6 heteroatoms. The van der Waals surface area contributed by atoms with E-state index in [0.717, 1.165) is 16.1 Å². The lowest BCUT2D eigenvalue weighted by Gasteiger charge is -2.05. The van der Waals surface area contributed by atoms with Crippen molar-refractivity contribution in [3.05, 3.63) is 77.4 Å². The van der Waals surface area contributed by atoms with Gasteiger partial charge in [0.15, 0.2) is 5.65 Å². The molecule has 0 saturated heterocycles. The molecule has 0 aliphatic rings. The highest BCUT2D eigenvalue weighted by molar-refractivity contribution is 7.13. The van der Waals surface area contributed by atoms with Gasteiger partial charge in [-0.05, 0) is 23.1 Å². The average Bonchev–Trinajstić information content (AvgIpc) is 3.32. The van der Waals surface area contributed by atoms with Crippen LogP contribution in [0.5, 0.6) is 0 Å². The van der Waals surface area contributed by atoms with E-state index in [0.29, 0.717) is 24.2 Å². The van der Waals surface area contributed by atoms with Crippen LogP contribution in [0.2, 0.25) is 0 Å². The highest BCUT2D eigenvalue weighted by atomic mass is 32.1. The largest absolute Gasteiger partial charge is 0.462 e. The number of carbonyl (C=O) groups excluding carboxylic acids is 1. The lowest BCUT2D eigenvalue weighted by molar-refractivity contribution is 0.0511. The summed E-state index contributed by atoms with van der Waals surface area (Å²) >= 11 is 1.62. The van der Waals surface area contributed by atoms with Crippen LogP contribution in [0.25, 0.3) is 16.2 Å². The highest BCUT2D eigenvalue weighted by Crippen LogP contribution is 2.25. The van der Waals surface area contributed by atoms with Crippen molar-refractivity contribution < 1.29 is 9.53 Å². The van der Waals surface area contributed by atoms with Crippen LogP contribution in [-0.4, -0.2) is 27.2 Å². The SMILES string of the molecule is O=C(OCCc1ccccc1)c1cnn2c(-c3cccs3)ccnc12. The van der Waals surface area contributed by atoms with Gasteiger partial charge in [0.25, 0.3) is 0 Å². The van der Waals surface area contributed by atoms with E-state index in [1.165, 1.54) is 6.20 Å². The molecule has 124 valence electrons. The molecule has 4 rings (SSSR count). The standard InChI is InChI=1S/C19H15N3O2S/c23-19(24-11-9-14-5-2-1-3-6-14)15-13-21-22-16(8-10-20-18(15)22)17-7-4-12-25-17/h1-8,10,12-13H,9,11H2. The van der Waals surface area contributed by atoms with Crippen LogP contribution in [0, 0.1) is 0 Å². The normalized spacial score (nSPS) is 10.9. The molecule has 4 aromatic rings. The van der Waals surface area contributed by atoms with E-state index in [1.54, 1.807) is 22.0 Å². The number of benzene rings is 1. The van der Waals surface area contributed by atoms with Gasteiger partial charge in [0.2, 0.25) is 0 Å². The van der Waals surface area contributed by atoms with Crippen LogP contribution in [0.1, 0.15) is 15.9 Å². The molecule has 0 radical (unpaired) electrons. The van der Waals surface area contributed by atoms with Gasteiger partial charge < -0.3 is 4.74 Å². The summed E-state index contributed by atoms with van der Waals surface area (Å²) in [6, 6.07) is 15.8. The van der Waals surface area contributed by atoms with Gasteiger partial charge in [-0.3, -0.25) is 0 Å². The average molecular weight is 349 g/mol. The minimum atomic E-state index is -0.401. The summed E-state index contributed by atoms with van der Waals surface area (Å²) in [4.78, 5) is 17.8. The van der Waals surface area contributed by atoms with Gasteiger partial charge in [0.05, 0.1) is 23.4 Å². The number of esters is 1. The highest BCUT2D eigenvalue weighted by Gasteiger charge is 2.17. The third kappa shape index (κ3) is 3.16. The van der Waals surface area contributed by atoms with E-state index in [9.17, 15) is 4.79 Å². The monoisotopic (exact) mass is 349 g/mol. The van der Waals surface area contributed by atoms with E-state index in [1.807, 2.05) is 53.9 Å². The van der Waals surface area contributed by atoms with Crippen molar-refractivity contribution in [2.24, 2.45) is 0 Å². The summed E-state index contributed by atoms with van der Waals surface area (Å²) in [6.07, 6.45) is 3.89. The molecule has 0 N–H and O–H groups in total. The number of thiophene rings is 1. The van der Waals surface area contributed by atoms with Crippen LogP contribution in [0.15, 0.2) is 66.3 Å². The Kier molecular flexibility index (Phi) is 4.26. The summed E-state index contributed by atoms with van der Waals surface area (Å²) in [5, 5.41) is 6.33. The number of hydrogen-bond acceptors (Lipinski definition) is 5. The van der Waals surface area contributed by atoms with Crippen molar-refractivity contribution >= 4 is 23.0 Å². The Bertz CT molecular complexity index is 994. The molecule has 0 amide bonds. The molecule has 0 aliphatic heterocycles. The minimum Gasteiger partial charge on any atom is -0.462 e. The smallest absolute Gasteiger partial charge is 0.343 e. The minimum absolute atomic E-state index is 0.324. The molecule has 0 saturated carbocycles. The van der Waals surface area contributed by atoms with Crippen LogP contribution in [-0.2, 0) is 11.2 Å². The molecule has 1 aromatic carbocycles. The molecule has 0 unspecified atom stereocenters. The van der Waals surface area contributed by atoms with Crippen molar-refractivity contribution in [3.63, 3.8) is 0 Å². The molecule has 3 aromatic heterocycles. The molecular weight excluding hydrogens is 334 g/mol. The molecule has 0 fully saturated rings. The van der Waals surface area contributed by atoms with Gasteiger partial charge in [-0.2, -0.15) is 5.10 Å². The number of ether oxygens (including phenoxy) is 1. The van der Waals surface area contributed by atoms with Crippen molar-refractivity contribution in [3.8, 4) is 10.6 Å². The lowest BCUT2D eigenvalue weighted by atomic mass is 10.2. The fraction of sp³-hybridized carbons (Fsp3) is 0.105. The maximum atomic E-state index is 12.4. The number of carbonyl (C=O) groups is 1. The van der Waals surface area contributed by atoms with E-state index >= 15 is 0 Å². The summed E-state index contributed by atoms with van der Waals surface area (Å²) < 4.78 is 7.08. The summed E-state index contributed by atoms with van der Waals surface area (Å²) in [5.41, 5.74) is 2.93. The van der Waals surface area contributed by atoms with Gasteiger partial charge in [-0.15, -0.1) is 11.3 Å². The Labute approximate surface area is 148 Å². The summed E-state index contributed by atoms with van der Waals surface area (Å²) in [7, 11) is 0.